The third-order valence-corrected chi connectivity index (χ3v) is 4.38. The van der Waals surface area contributed by atoms with Gasteiger partial charge in [0.2, 0.25) is 0 Å². The number of aromatic amines is 1. The van der Waals surface area contributed by atoms with Crippen LogP contribution in [0.2, 0.25) is 5.02 Å². The van der Waals surface area contributed by atoms with Crippen molar-refractivity contribution >= 4 is 28.3 Å². The van der Waals surface area contributed by atoms with Crippen LogP contribution in [0.5, 0.6) is 0 Å². The molecule has 1 fully saturated rings. The van der Waals surface area contributed by atoms with E-state index in [-0.39, 0.29) is 0 Å². The first-order chi connectivity index (χ1) is 10.3. The van der Waals surface area contributed by atoms with Crippen LogP contribution in [0.4, 0.5) is 5.69 Å². The van der Waals surface area contributed by atoms with Crippen LogP contribution < -0.4 is 4.90 Å². The van der Waals surface area contributed by atoms with Gasteiger partial charge in [0.15, 0.2) is 0 Å². The number of halogens is 1. The Bertz CT molecular complexity index is 770. The number of fused-ring (bicyclic) bond motifs is 1. The highest BCUT2D eigenvalue weighted by Gasteiger charge is 2.13. The minimum absolute atomic E-state index is 0.684. The Morgan fingerprint density at radius 3 is 2.48 bits per heavy atom. The smallest absolute Gasteiger partial charge is 0.138 e. The van der Waals surface area contributed by atoms with Crippen molar-refractivity contribution in [2.45, 2.75) is 12.8 Å². The number of hydrogen-bond donors (Lipinski definition) is 1. The standard InChI is InChI=1S/C17H16ClN3/c18-14-4-3-5-15-16(14)20-17(19-15)12-6-8-13(9-7-12)21-10-1-2-11-21/h3-9H,1-2,10-11H2,(H,19,20). The van der Waals surface area contributed by atoms with Gasteiger partial charge in [-0.25, -0.2) is 4.98 Å². The van der Waals surface area contributed by atoms with Crippen molar-refractivity contribution in [2.75, 3.05) is 18.0 Å². The molecular weight excluding hydrogens is 282 g/mol. The van der Waals surface area contributed by atoms with Gasteiger partial charge in [0.05, 0.1) is 10.5 Å². The highest BCUT2D eigenvalue weighted by molar-refractivity contribution is 6.34. The zero-order valence-corrected chi connectivity index (χ0v) is 12.4. The highest BCUT2D eigenvalue weighted by atomic mass is 35.5. The average Bonchev–Trinajstić information content (AvgIpc) is 3.18. The first kappa shape index (κ1) is 12.7. The Balaban J connectivity index is 1.69. The van der Waals surface area contributed by atoms with Crippen LogP contribution >= 0.6 is 11.6 Å². The minimum atomic E-state index is 0.684. The molecule has 1 saturated heterocycles. The molecule has 0 saturated carbocycles. The summed E-state index contributed by atoms with van der Waals surface area (Å²) in [6.07, 6.45) is 2.59. The summed E-state index contributed by atoms with van der Waals surface area (Å²) in [6.45, 7) is 2.33. The number of nitrogens with zero attached hydrogens (tertiary/aromatic N) is 2. The molecule has 0 bridgehead atoms. The number of aromatic nitrogens is 2. The molecule has 0 spiro atoms. The predicted octanol–water partition coefficient (Wildman–Crippen LogP) is 4.48. The molecule has 4 rings (SSSR count). The average molecular weight is 298 g/mol. The van der Waals surface area contributed by atoms with Gasteiger partial charge in [0, 0.05) is 24.3 Å². The number of hydrogen-bond acceptors (Lipinski definition) is 2. The molecule has 2 aromatic carbocycles. The van der Waals surface area contributed by atoms with E-state index >= 15 is 0 Å². The molecule has 1 aliphatic heterocycles. The Morgan fingerprint density at radius 2 is 1.76 bits per heavy atom. The monoisotopic (exact) mass is 297 g/mol. The Hall–Kier alpha value is -2.00. The van der Waals surface area contributed by atoms with Crippen LogP contribution in [-0.2, 0) is 0 Å². The minimum Gasteiger partial charge on any atom is -0.372 e. The van der Waals surface area contributed by atoms with E-state index in [0.717, 1.165) is 22.4 Å². The predicted molar refractivity (Wildman–Crippen MR) is 88.0 cm³/mol. The lowest BCUT2D eigenvalue weighted by Crippen LogP contribution is -2.17. The van der Waals surface area contributed by atoms with Gasteiger partial charge in [-0.3, -0.25) is 0 Å². The number of anilines is 1. The molecule has 106 valence electrons. The van der Waals surface area contributed by atoms with Gasteiger partial charge >= 0.3 is 0 Å². The van der Waals surface area contributed by atoms with E-state index in [1.807, 2.05) is 18.2 Å². The Labute approximate surface area is 128 Å². The number of rotatable bonds is 2. The normalized spacial score (nSPS) is 15.0. The number of nitrogens with one attached hydrogen (secondary N) is 1. The van der Waals surface area contributed by atoms with Crippen molar-refractivity contribution in [3.63, 3.8) is 0 Å². The maximum Gasteiger partial charge on any atom is 0.138 e. The van der Waals surface area contributed by atoms with Crippen molar-refractivity contribution in [3.8, 4) is 11.4 Å². The number of para-hydroxylation sites is 1. The van der Waals surface area contributed by atoms with Crippen LogP contribution in [0, 0.1) is 0 Å². The van der Waals surface area contributed by atoms with Crippen molar-refractivity contribution in [2.24, 2.45) is 0 Å². The lowest BCUT2D eigenvalue weighted by atomic mass is 10.2. The molecule has 3 aromatic rings. The van der Waals surface area contributed by atoms with Gasteiger partial charge in [0.25, 0.3) is 0 Å². The Morgan fingerprint density at radius 1 is 1.00 bits per heavy atom. The van der Waals surface area contributed by atoms with Crippen molar-refractivity contribution in [3.05, 3.63) is 47.5 Å². The third-order valence-electron chi connectivity index (χ3n) is 4.08. The summed E-state index contributed by atoms with van der Waals surface area (Å²) in [5.41, 5.74) is 4.19. The third kappa shape index (κ3) is 2.28. The SMILES string of the molecule is Clc1cccc2[nH]c(-c3ccc(N4CCCC4)cc3)nc12. The molecule has 1 aromatic heterocycles. The van der Waals surface area contributed by atoms with E-state index in [4.69, 9.17) is 11.6 Å². The second kappa shape index (κ2) is 5.08. The molecule has 0 atom stereocenters. The molecule has 3 nitrogen and oxygen atoms in total. The molecule has 4 heteroatoms. The zero-order chi connectivity index (χ0) is 14.2. The molecule has 0 aliphatic carbocycles. The fraction of sp³-hybridized carbons (Fsp3) is 0.235. The van der Waals surface area contributed by atoms with Crippen LogP contribution in [-0.4, -0.2) is 23.1 Å². The summed E-state index contributed by atoms with van der Waals surface area (Å²) in [5, 5.41) is 0.684. The summed E-state index contributed by atoms with van der Waals surface area (Å²) in [7, 11) is 0. The second-order valence-corrected chi connectivity index (χ2v) is 5.87. The molecule has 2 heterocycles. The van der Waals surface area contributed by atoms with Gasteiger partial charge in [-0.15, -0.1) is 0 Å². The lowest BCUT2D eigenvalue weighted by Gasteiger charge is -2.17. The van der Waals surface area contributed by atoms with Crippen molar-refractivity contribution in [1.29, 1.82) is 0 Å². The summed E-state index contributed by atoms with van der Waals surface area (Å²) in [6, 6.07) is 14.4. The molecule has 21 heavy (non-hydrogen) atoms. The van der Waals surface area contributed by atoms with Gasteiger partial charge in [-0.2, -0.15) is 0 Å². The van der Waals surface area contributed by atoms with Gasteiger partial charge in [0.1, 0.15) is 11.3 Å². The molecule has 0 unspecified atom stereocenters. The van der Waals surface area contributed by atoms with Crippen molar-refractivity contribution < 1.29 is 0 Å². The van der Waals surface area contributed by atoms with E-state index < -0.39 is 0 Å². The summed E-state index contributed by atoms with van der Waals surface area (Å²) in [4.78, 5) is 10.4. The first-order valence-electron chi connectivity index (χ1n) is 7.31. The summed E-state index contributed by atoms with van der Waals surface area (Å²) < 4.78 is 0. The molecule has 1 N–H and O–H groups in total. The number of H-pyrrole nitrogens is 1. The molecule has 0 amide bonds. The fourth-order valence-corrected chi connectivity index (χ4v) is 3.16. The van der Waals surface area contributed by atoms with Gasteiger partial charge in [-0.1, -0.05) is 17.7 Å². The van der Waals surface area contributed by atoms with E-state index in [0.29, 0.717) is 5.02 Å². The van der Waals surface area contributed by atoms with Gasteiger partial charge < -0.3 is 9.88 Å². The quantitative estimate of drug-likeness (QED) is 0.756. The van der Waals surface area contributed by atoms with E-state index in [2.05, 4.69) is 39.1 Å². The van der Waals surface area contributed by atoms with Crippen LogP contribution in [0.3, 0.4) is 0 Å². The van der Waals surface area contributed by atoms with E-state index in [1.54, 1.807) is 0 Å². The van der Waals surface area contributed by atoms with Crippen LogP contribution in [0.25, 0.3) is 22.4 Å². The molecular formula is C17H16ClN3. The first-order valence-corrected chi connectivity index (χ1v) is 7.69. The van der Waals surface area contributed by atoms with Gasteiger partial charge in [-0.05, 0) is 49.2 Å². The van der Waals surface area contributed by atoms with Crippen LogP contribution in [0.1, 0.15) is 12.8 Å². The van der Waals surface area contributed by atoms with E-state index in [9.17, 15) is 0 Å². The lowest BCUT2D eigenvalue weighted by molar-refractivity contribution is 0.949. The largest absolute Gasteiger partial charge is 0.372 e. The second-order valence-electron chi connectivity index (χ2n) is 5.46. The summed E-state index contributed by atoms with van der Waals surface area (Å²) in [5.74, 6) is 0.867. The fourth-order valence-electron chi connectivity index (χ4n) is 2.94. The summed E-state index contributed by atoms with van der Waals surface area (Å²) >= 11 is 6.18. The van der Waals surface area contributed by atoms with Crippen LogP contribution in [0.15, 0.2) is 42.5 Å². The van der Waals surface area contributed by atoms with E-state index in [1.165, 1.54) is 31.6 Å². The number of benzene rings is 2. The maximum absolute atomic E-state index is 6.18. The Kier molecular flexibility index (Phi) is 3.08. The topological polar surface area (TPSA) is 31.9 Å². The number of imidazole rings is 1. The zero-order valence-electron chi connectivity index (χ0n) is 11.6. The van der Waals surface area contributed by atoms with Crippen molar-refractivity contribution in [1.82, 2.24) is 9.97 Å². The molecule has 1 aliphatic rings. The molecule has 0 radical (unpaired) electrons. The maximum atomic E-state index is 6.18. The highest BCUT2D eigenvalue weighted by Crippen LogP contribution is 2.27.